The molecule has 4 rings (SSSR count). The molecule has 3 heterocycles. The van der Waals surface area contributed by atoms with E-state index in [9.17, 15) is 22.2 Å². The highest BCUT2D eigenvalue weighted by molar-refractivity contribution is 7.84. The largest absolute Gasteiger partial charge is 0.449 e. The van der Waals surface area contributed by atoms with Crippen LogP contribution in [0.1, 0.15) is 45.4 Å². The number of ether oxygens (including phenoxy) is 1. The highest BCUT2D eigenvalue weighted by Gasteiger charge is 2.38. The Bertz CT molecular complexity index is 1070. The Hall–Kier alpha value is -2.22. The van der Waals surface area contributed by atoms with E-state index in [1.807, 2.05) is 7.05 Å². The number of nitrogens with zero attached hydrogens (tertiary/aromatic N) is 4. The summed E-state index contributed by atoms with van der Waals surface area (Å²) >= 11 is -1.51. The van der Waals surface area contributed by atoms with Gasteiger partial charge in [0.15, 0.2) is 11.2 Å². The minimum atomic E-state index is -4.57. The molecular formula is C25H39F3N6O3S. The topological polar surface area (TPSA) is 91.7 Å². The van der Waals surface area contributed by atoms with Crippen LogP contribution in [0.5, 0.6) is 0 Å². The second-order valence-electron chi connectivity index (χ2n) is 9.93. The Kier molecular flexibility index (Phi) is 10.9. The molecule has 214 valence electrons. The van der Waals surface area contributed by atoms with Crippen molar-refractivity contribution >= 4 is 34.3 Å². The van der Waals surface area contributed by atoms with Crippen molar-refractivity contribution in [2.45, 2.75) is 64.3 Å². The zero-order valence-electron chi connectivity index (χ0n) is 22.5. The Morgan fingerprint density at radius 3 is 2.39 bits per heavy atom. The number of hydrogen-bond acceptors (Lipinski definition) is 5. The molecular weight excluding hydrogens is 521 g/mol. The van der Waals surface area contributed by atoms with E-state index in [4.69, 9.17) is 4.74 Å². The summed E-state index contributed by atoms with van der Waals surface area (Å²) < 4.78 is 64.2. The number of hydrogen-bond donors (Lipinski definition) is 2. The molecule has 0 radical (unpaired) electrons. The van der Waals surface area contributed by atoms with E-state index in [0.29, 0.717) is 62.8 Å². The summed E-state index contributed by atoms with van der Waals surface area (Å²) in [6.07, 6.45) is -1.09. The van der Waals surface area contributed by atoms with Gasteiger partial charge in [0, 0.05) is 52.0 Å². The maximum absolute atomic E-state index is 13.8. The summed E-state index contributed by atoms with van der Waals surface area (Å²) in [5.41, 5.74) is 1.17. The van der Waals surface area contributed by atoms with Gasteiger partial charge in [0.05, 0.1) is 16.7 Å². The molecule has 2 aliphatic heterocycles. The Balaban J connectivity index is 0.000000732. The number of imidazole rings is 1. The lowest BCUT2D eigenvalue weighted by molar-refractivity contribution is -0.147. The van der Waals surface area contributed by atoms with Crippen molar-refractivity contribution in [1.82, 2.24) is 24.5 Å². The van der Waals surface area contributed by atoms with Gasteiger partial charge in [-0.2, -0.15) is 13.2 Å². The number of halogens is 3. The first-order chi connectivity index (χ1) is 18.0. The number of carbonyl (C=O) groups is 1. The van der Waals surface area contributed by atoms with E-state index in [0.717, 1.165) is 12.8 Å². The lowest BCUT2D eigenvalue weighted by Gasteiger charge is -2.33. The van der Waals surface area contributed by atoms with Crippen molar-refractivity contribution < 1.29 is 26.9 Å². The Labute approximate surface area is 224 Å². The van der Waals surface area contributed by atoms with Crippen LogP contribution in [-0.4, -0.2) is 77.0 Å². The third kappa shape index (κ3) is 7.90. The number of rotatable bonds is 8. The van der Waals surface area contributed by atoms with Gasteiger partial charge in [0.1, 0.15) is 0 Å². The Morgan fingerprint density at radius 1 is 1.21 bits per heavy atom. The third-order valence-electron chi connectivity index (χ3n) is 6.92. The van der Waals surface area contributed by atoms with E-state index in [2.05, 4.69) is 29.5 Å². The molecule has 2 aliphatic rings. The lowest BCUT2D eigenvalue weighted by atomic mass is 10.0. The van der Waals surface area contributed by atoms with E-state index >= 15 is 0 Å². The molecule has 0 bridgehead atoms. The monoisotopic (exact) mass is 560 g/mol. The van der Waals surface area contributed by atoms with Gasteiger partial charge >= 0.3 is 6.18 Å². The van der Waals surface area contributed by atoms with Gasteiger partial charge in [-0.1, -0.05) is 13.8 Å². The van der Waals surface area contributed by atoms with Crippen LogP contribution in [0.15, 0.2) is 18.2 Å². The van der Waals surface area contributed by atoms with Gasteiger partial charge in [0.25, 0.3) is 0 Å². The van der Waals surface area contributed by atoms with Gasteiger partial charge in [-0.05, 0) is 56.8 Å². The predicted molar refractivity (Wildman–Crippen MR) is 143 cm³/mol. The average molecular weight is 561 g/mol. The van der Waals surface area contributed by atoms with Crippen molar-refractivity contribution in [1.29, 1.82) is 0 Å². The molecule has 1 atom stereocenters. The van der Waals surface area contributed by atoms with Crippen LogP contribution in [0.3, 0.4) is 0 Å². The van der Waals surface area contributed by atoms with E-state index in [-0.39, 0.29) is 24.0 Å². The molecule has 2 N–H and O–H groups in total. The number of alkyl halides is 3. The summed E-state index contributed by atoms with van der Waals surface area (Å²) in [7, 11) is 3.60. The maximum atomic E-state index is 13.8. The van der Waals surface area contributed by atoms with Gasteiger partial charge in [-0.15, -0.1) is 0 Å². The fraction of sp³-hybridized carbons (Fsp3) is 0.680. The highest BCUT2D eigenvalue weighted by atomic mass is 32.2. The summed E-state index contributed by atoms with van der Waals surface area (Å²) in [4.78, 5) is 14.5. The molecule has 38 heavy (non-hydrogen) atoms. The summed E-state index contributed by atoms with van der Waals surface area (Å²) in [6.45, 7) is 6.66. The second-order valence-corrected chi connectivity index (χ2v) is 11.5. The third-order valence-corrected chi connectivity index (χ3v) is 8.41. The number of carbonyl (C=O) groups excluding carboxylic acids is 1. The number of amides is 1. The van der Waals surface area contributed by atoms with Crippen molar-refractivity contribution in [3.8, 4) is 0 Å². The first kappa shape index (κ1) is 30.3. The smallest absolute Gasteiger partial charge is 0.381 e. The molecule has 2 saturated heterocycles. The van der Waals surface area contributed by atoms with Crippen LogP contribution in [-0.2, 0) is 33.4 Å². The van der Waals surface area contributed by atoms with Crippen LogP contribution < -0.4 is 14.9 Å². The summed E-state index contributed by atoms with van der Waals surface area (Å²) in [5.74, 6) is -0.807. The molecule has 1 amide bonds. The Morgan fingerprint density at radius 2 is 1.84 bits per heavy atom. The molecule has 0 aliphatic carbocycles. The normalized spacial score (nSPS) is 18.7. The van der Waals surface area contributed by atoms with Crippen LogP contribution in [0, 0.1) is 5.92 Å². The van der Waals surface area contributed by atoms with E-state index < -0.39 is 23.2 Å². The van der Waals surface area contributed by atoms with Crippen LogP contribution in [0.4, 0.5) is 18.9 Å². The minimum Gasteiger partial charge on any atom is -0.381 e. The molecule has 1 aromatic carbocycles. The fourth-order valence-electron chi connectivity index (χ4n) is 4.44. The van der Waals surface area contributed by atoms with E-state index in [1.165, 1.54) is 8.87 Å². The van der Waals surface area contributed by atoms with Crippen LogP contribution >= 0.6 is 0 Å². The summed E-state index contributed by atoms with van der Waals surface area (Å²) in [6, 6.07) is 5.57. The number of nitrogens with one attached hydrogen (secondary N) is 2. The predicted octanol–water partition coefficient (Wildman–Crippen LogP) is 3.32. The molecule has 1 unspecified atom stereocenters. The number of aromatic nitrogens is 2. The van der Waals surface area contributed by atoms with Crippen molar-refractivity contribution in [3.05, 3.63) is 24.0 Å². The first-order valence-electron chi connectivity index (χ1n) is 13.0. The van der Waals surface area contributed by atoms with Crippen LogP contribution in [0.2, 0.25) is 0 Å². The van der Waals surface area contributed by atoms with Gasteiger partial charge < -0.3 is 19.9 Å². The van der Waals surface area contributed by atoms with Gasteiger partial charge in [0.2, 0.25) is 12.2 Å². The molecule has 0 spiro atoms. The molecule has 0 saturated carbocycles. The molecule has 2 fully saturated rings. The fourth-order valence-corrected chi connectivity index (χ4v) is 5.60. The molecule has 13 heteroatoms. The molecule has 1 aromatic heterocycles. The van der Waals surface area contributed by atoms with Gasteiger partial charge in [-0.25, -0.2) is 13.5 Å². The second kappa shape index (κ2) is 13.7. The quantitative estimate of drug-likeness (QED) is 0.484. The van der Waals surface area contributed by atoms with Gasteiger partial charge in [-0.3, -0.25) is 9.10 Å². The lowest BCUT2D eigenvalue weighted by Crippen LogP contribution is -2.46. The minimum absolute atomic E-state index is 0.0675. The van der Waals surface area contributed by atoms with E-state index in [1.54, 1.807) is 29.6 Å². The number of fused-ring (bicyclic) bond motifs is 1. The number of benzene rings is 1. The maximum Gasteiger partial charge on any atom is 0.449 e. The first-order valence-corrected chi connectivity index (χ1v) is 14.0. The zero-order valence-corrected chi connectivity index (χ0v) is 23.3. The SMILES string of the molecule is CN(c1ccc2c(c1)nc(C(F)(F)F)n2CC1CCOCC1)S(=O)N1CCC(NC=O)CC1.CNC(C)C. The molecule has 2 aromatic rings. The molecule has 9 nitrogen and oxygen atoms in total. The number of anilines is 1. The average Bonchev–Trinajstić information content (AvgIpc) is 3.27. The zero-order chi connectivity index (χ0) is 27.9. The number of piperidine rings is 1. The highest BCUT2D eigenvalue weighted by Crippen LogP contribution is 2.34. The van der Waals surface area contributed by atoms with Crippen molar-refractivity contribution in [3.63, 3.8) is 0 Å². The van der Waals surface area contributed by atoms with Crippen LogP contribution in [0.25, 0.3) is 11.0 Å². The standard InChI is InChI=1S/C21H28F3N5O3S.C4H11N/c1-27(33(31)28-8-4-16(5-9-28)25-14-30)17-2-3-19-18(12-17)26-20(21(22,23)24)29(19)13-15-6-10-32-11-7-15;1-4(2)5-3/h2-3,12,14-16H,4-11,13H2,1H3,(H,25,30);4-5H,1-3H3. The van der Waals surface area contributed by atoms with Crippen molar-refractivity contribution in [2.75, 3.05) is 44.7 Å². The van der Waals surface area contributed by atoms with Crippen molar-refractivity contribution in [2.24, 2.45) is 5.92 Å². The summed E-state index contributed by atoms with van der Waals surface area (Å²) in [5, 5.41) is 5.77.